The minimum atomic E-state index is -3.22. The van der Waals surface area contributed by atoms with Gasteiger partial charge in [-0.3, -0.25) is 0 Å². The van der Waals surface area contributed by atoms with Gasteiger partial charge in [-0.1, -0.05) is 45.0 Å². The molecule has 0 radical (unpaired) electrons. The Balaban J connectivity index is 2.75. The molecule has 0 aliphatic heterocycles. The first kappa shape index (κ1) is 18.1. The zero-order valence-electron chi connectivity index (χ0n) is 13.4. The molecular formula is C16H28N2O2S. The lowest BCUT2D eigenvalue weighted by atomic mass is 10.1. The molecule has 0 atom stereocenters. The largest absolute Gasteiger partial charge is 0.313 e. The molecule has 0 heterocycles. The monoisotopic (exact) mass is 312 g/mol. The van der Waals surface area contributed by atoms with Crippen molar-refractivity contribution in [2.75, 3.05) is 19.6 Å². The van der Waals surface area contributed by atoms with E-state index in [1.807, 2.05) is 38.1 Å². The summed E-state index contributed by atoms with van der Waals surface area (Å²) < 4.78 is 26.4. The molecule has 0 saturated heterocycles. The van der Waals surface area contributed by atoms with Crippen LogP contribution in [0, 0.1) is 0 Å². The Morgan fingerprint density at radius 2 is 1.81 bits per heavy atom. The molecule has 1 aromatic carbocycles. The molecule has 21 heavy (non-hydrogen) atoms. The van der Waals surface area contributed by atoms with Crippen LogP contribution in [0.25, 0.3) is 0 Å². The second kappa shape index (κ2) is 9.18. The van der Waals surface area contributed by atoms with Gasteiger partial charge in [-0.15, -0.1) is 0 Å². The molecule has 0 aromatic heterocycles. The van der Waals surface area contributed by atoms with E-state index in [4.69, 9.17) is 0 Å². The molecule has 1 N–H and O–H groups in total. The fourth-order valence-electron chi connectivity index (χ4n) is 2.28. The Labute approximate surface area is 129 Å². The molecule has 120 valence electrons. The summed E-state index contributed by atoms with van der Waals surface area (Å²) in [5.74, 6) is 0.0858. The van der Waals surface area contributed by atoms with Gasteiger partial charge >= 0.3 is 0 Å². The van der Waals surface area contributed by atoms with Gasteiger partial charge < -0.3 is 5.32 Å². The van der Waals surface area contributed by atoms with Crippen molar-refractivity contribution in [3.63, 3.8) is 0 Å². The number of rotatable bonds is 10. The highest BCUT2D eigenvalue weighted by atomic mass is 32.2. The molecule has 0 spiro atoms. The summed E-state index contributed by atoms with van der Waals surface area (Å²) in [6.45, 7) is 8.90. The molecule has 0 bridgehead atoms. The van der Waals surface area contributed by atoms with Gasteiger partial charge in [0, 0.05) is 19.6 Å². The van der Waals surface area contributed by atoms with E-state index in [1.165, 1.54) is 0 Å². The Kier molecular flexibility index (Phi) is 7.93. The van der Waals surface area contributed by atoms with Crippen molar-refractivity contribution in [3.8, 4) is 0 Å². The summed E-state index contributed by atoms with van der Waals surface area (Å²) >= 11 is 0. The maximum atomic E-state index is 12.4. The van der Waals surface area contributed by atoms with Gasteiger partial charge in [-0.05, 0) is 30.5 Å². The quantitative estimate of drug-likeness (QED) is 0.676. The summed E-state index contributed by atoms with van der Waals surface area (Å²) in [6, 6.07) is 7.84. The second-order valence-corrected chi connectivity index (χ2v) is 7.21. The third kappa shape index (κ3) is 6.16. The molecule has 0 amide bonds. The first-order chi connectivity index (χ1) is 10.0. The molecule has 0 aliphatic rings. The summed E-state index contributed by atoms with van der Waals surface area (Å²) in [7, 11) is -3.22. The maximum Gasteiger partial charge on any atom is 0.218 e. The van der Waals surface area contributed by atoms with Crippen molar-refractivity contribution in [1.82, 2.24) is 9.62 Å². The third-order valence-corrected chi connectivity index (χ3v) is 5.24. The van der Waals surface area contributed by atoms with Crippen molar-refractivity contribution in [3.05, 3.63) is 35.4 Å². The molecule has 0 aliphatic carbocycles. The normalized spacial score (nSPS) is 12.0. The van der Waals surface area contributed by atoms with Crippen LogP contribution in [0.5, 0.6) is 0 Å². The van der Waals surface area contributed by atoms with E-state index in [1.54, 1.807) is 4.31 Å². The number of nitrogens with one attached hydrogen (secondary N) is 1. The van der Waals surface area contributed by atoms with E-state index < -0.39 is 10.0 Å². The van der Waals surface area contributed by atoms with Crippen molar-refractivity contribution in [2.24, 2.45) is 0 Å². The van der Waals surface area contributed by atoms with Crippen molar-refractivity contribution >= 4 is 10.0 Å². The minimum absolute atomic E-state index is 0.0858. The average molecular weight is 312 g/mol. The van der Waals surface area contributed by atoms with Gasteiger partial charge in [0.15, 0.2) is 0 Å². The van der Waals surface area contributed by atoms with Gasteiger partial charge in [0.1, 0.15) is 0 Å². The number of sulfonamides is 1. The molecular weight excluding hydrogens is 284 g/mol. The van der Waals surface area contributed by atoms with Gasteiger partial charge in [0.05, 0.1) is 5.75 Å². The van der Waals surface area contributed by atoms with Gasteiger partial charge in [0.25, 0.3) is 0 Å². The molecule has 0 saturated carbocycles. The van der Waals surface area contributed by atoms with Crippen LogP contribution in [0.4, 0.5) is 0 Å². The highest BCUT2D eigenvalue weighted by Crippen LogP contribution is 2.13. The molecule has 0 fully saturated rings. The number of benzene rings is 1. The predicted molar refractivity (Wildman–Crippen MR) is 88.6 cm³/mol. The maximum absolute atomic E-state index is 12.4. The van der Waals surface area contributed by atoms with Crippen molar-refractivity contribution in [2.45, 2.75) is 45.9 Å². The third-order valence-electron chi connectivity index (χ3n) is 3.32. The zero-order chi connectivity index (χ0) is 15.7. The van der Waals surface area contributed by atoms with Crippen molar-refractivity contribution in [1.29, 1.82) is 0 Å². The Morgan fingerprint density at radius 1 is 1.10 bits per heavy atom. The van der Waals surface area contributed by atoms with Crippen LogP contribution in [0.2, 0.25) is 0 Å². The number of nitrogens with zero attached hydrogens (tertiary/aromatic N) is 1. The van der Waals surface area contributed by atoms with Gasteiger partial charge in [-0.2, -0.15) is 0 Å². The Hall–Kier alpha value is -0.910. The lowest BCUT2D eigenvalue weighted by Crippen LogP contribution is -2.32. The topological polar surface area (TPSA) is 49.4 Å². The van der Waals surface area contributed by atoms with Crippen LogP contribution < -0.4 is 5.32 Å². The Morgan fingerprint density at radius 3 is 2.43 bits per heavy atom. The lowest BCUT2D eigenvalue weighted by Gasteiger charge is -2.19. The summed E-state index contributed by atoms with van der Waals surface area (Å²) in [5, 5.41) is 3.34. The molecule has 0 unspecified atom stereocenters. The highest BCUT2D eigenvalue weighted by Gasteiger charge is 2.20. The summed E-state index contributed by atoms with van der Waals surface area (Å²) in [4.78, 5) is 0. The van der Waals surface area contributed by atoms with Gasteiger partial charge in [-0.25, -0.2) is 12.7 Å². The zero-order valence-corrected chi connectivity index (χ0v) is 14.2. The van der Waals surface area contributed by atoms with E-state index in [0.717, 1.165) is 37.1 Å². The van der Waals surface area contributed by atoms with Crippen LogP contribution in [0.1, 0.15) is 44.7 Å². The molecule has 1 aromatic rings. The van der Waals surface area contributed by atoms with E-state index >= 15 is 0 Å². The van der Waals surface area contributed by atoms with E-state index in [-0.39, 0.29) is 5.75 Å². The first-order valence-corrected chi connectivity index (χ1v) is 9.40. The summed E-state index contributed by atoms with van der Waals surface area (Å²) in [6.07, 6.45) is 1.94. The number of hydrogen-bond acceptors (Lipinski definition) is 3. The lowest BCUT2D eigenvalue weighted by molar-refractivity contribution is 0.426. The summed E-state index contributed by atoms with van der Waals surface area (Å²) in [5.41, 5.74) is 2.00. The van der Waals surface area contributed by atoms with Crippen LogP contribution in [0.15, 0.2) is 24.3 Å². The smallest absolute Gasteiger partial charge is 0.218 e. The van der Waals surface area contributed by atoms with E-state index in [9.17, 15) is 8.42 Å². The van der Waals surface area contributed by atoms with E-state index in [2.05, 4.69) is 12.2 Å². The van der Waals surface area contributed by atoms with Crippen LogP contribution in [-0.2, 0) is 22.3 Å². The minimum Gasteiger partial charge on any atom is -0.313 e. The van der Waals surface area contributed by atoms with Crippen LogP contribution in [-0.4, -0.2) is 32.4 Å². The predicted octanol–water partition coefficient (Wildman–Crippen LogP) is 2.75. The van der Waals surface area contributed by atoms with Crippen LogP contribution >= 0.6 is 0 Å². The average Bonchev–Trinajstić information content (AvgIpc) is 2.44. The number of hydrogen-bond donors (Lipinski definition) is 1. The molecule has 1 rings (SSSR count). The second-order valence-electron chi connectivity index (χ2n) is 5.24. The van der Waals surface area contributed by atoms with E-state index in [0.29, 0.717) is 13.1 Å². The standard InChI is InChI=1S/C16H28N2O2S/c1-4-10-17-13-15-8-7-9-16(12-15)14-21(19,20)18(6-3)11-5-2/h7-9,12,17H,4-6,10-11,13-14H2,1-3H3. The molecule has 5 heteroatoms. The highest BCUT2D eigenvalue weighted by molar-refractivity contribution is 7.88. The fourth-order valence-corrected chi connectivity index (χ4v) is 3.92. The van der Waals surface area contributed by atoms with Gasteiger partial charge in [0.2, 0.25) is 10.0 Å². The van der Waals surface area contributed by atoms with Crippen LogP contribution in [0.3, 0.4) is 0 Å². The Bertz CT molecular complexity index is 515. The fraction of sp³-hybridized carbons (Fsp3) is 0.625. The SMILES string of the molecule is CCCNCc1cccc(CS(=O)(=O)N(CC)CCC)c1. The first-order valence-electron chi connectivity index (χ1n) is 7.79. The molecule has 4 nitrogen and oxygen atoms in total. The van der Waals surface area contributed by atoms with Crippen molar-refractivity contribution < 1.29 is 8.42 Å².